The van der Waals surface area contributed by atoms with Gasteiger partial charge in [0.25, 0.3) is 0 Å². The zero-order valence-corrected chi connectivity index (χ0v) is 13.2. The summed E-state index contributed by atoms with van der Waals surface area (Å²) in [7, 11) is -1.58. The number of piperidine rings is 1. The van der Waals surface area contributed by atoms with Gasteiger partial charge in [-0.25, -0.2) is 8.42 Å². The normalized spacial score (nSPS) is 22.6. The van der Waals surface area contributed by atoms with E-state index in [2.05, 4.69) is 5.32 Å². The standard InChI is InChI=1S/C13H28N2O3S/c1-4-15(12(2)11-18-3)19(16,17)10-8-13-7-5-6-9-14-13/h12-14H,4-11H2,1-3H3. The Kier molecular flexibility index (Phi) is 7.28. The molecule has 0 aliphatic carbocycles. The molecule has 0 amide bonds. The number of nitrogens with zero attached hydrogens (tertiary/aromatic N) is 1. The molecule has 1 aliphatic rings. The third kappa shape index (κ3) is 5.38. The first-order valence-corrected chi connectivity index (χ1v) is 8.84. The molecule has 0 aromatic rings. The van der Waals surface area contributed by atoms with Crippen molar-refractivity contribution in [2.75, 3.05) is 32.6 Å². The third-order valence-electron chi connectivity index (χ3n) is 3.71. The molecule has 5 nitrogen and oxygen atoms in total. The van der Waals surface area contributed by atoms with Crippen molar-refractivity contribution in [3.8, 4) is 0 Å². The lowest BCUT2D eigenvalue weighted by atomic mass is 10.0. The summed E-state index contributed by atoms with van der Waals surface area (Å²) in [5.74, 6) is 0.229. The summed E-state index contributed by atoms with van der Waals surface area (Å²) in [6.45, 7) is 5.73. The maximum Gasteiger partial charge on any atom is 0.214 e. The van der Waals surface area contributed by atoms with Crippen LogP contribution in [0.4, 0.5) is 0 Å². The van der Waals surface area contributed by atoms with Crippen LogP contribution in [0.1, 0.15) is 39.5 Å². The summed E-state index contributed by atoms with van der Waals surface area (Å²) >= 11 is 0. The Labute approximate surface area is 117 Å². The van der Waals surface area contributed by atoms with Gasteiger partial charge >= 0.3 is 0 Å². The van der Waals surface area contributed by atoms with E-state index < -0.39 is 10.0 Å². The monoisotopic (exact) mass is 292 g/mol. The van der Waals surface area contributed by atoms with Crippen LogP contribution in [0.25, 0.3) is 0 Å². The highest BCUT2D eigenvalue weighted by molar-refractivity contribution is 7.89. The van der Waals surface area contributed by atoms with Gasteiger partial charge in [0.05, 0.1) is 12.4 Å². The van der Waals surface area contributed by atoms with Gasteiger partial charge in [0, 0.05) is 25.7 Å². The molecule has 0 radical (unpaired) electrons. The number of nitrogens with one attached hydrogen (secondary N) is 1. The smallest absolute Gasteiger partial charge is 0.214 e. The summed E-state index contributed by atoms with van der Waals surface area (Å²) in [4.78, 5) is 0. The number of hydrogen-bond acceptors (Lipinski definition) is 4. The van der Waals surface area contributed by atoms with Gasteiger partial charge in [-0.3, -0.25) is 0 Å². The molecular formula is C13H28N2O3S. The molecule has 19 heavy (non-hydrogen) atoms. The van der Waals surface area contributed by atoms with Crippen molar-refractivity contribution in [3.63, 3.8) is 0 Å². The van der Waals surface area contributed by atoms with Crippen LogP contribution in [0.2, 0.25) is 0 Å². The minimum atomic E-state index is -3.18. The van der Waals surface area contributed by atoms with Gasteiger partial charge in [-0.1, -0.05) is 13.3 Å². The second-order valence-electron chi connectivity index (χ2n) is 5.26. The largest absolute Gasteiger partial charge is 0.383 e. The van der Waals surface area contributed by atoms with E-state index in [4.69, 9.17) is 4.74 Å². The van der Waals surface area contributed by atoms with Crippen LogP contribution in [0, 0.1) is 0 Å². The number of methoxy groups -OCH3 is 1. The van der Waals surface area contributed by atoms with Crippen molar-refractivity contribution < 1.29 is 13.2 Å². The number of ether oxygens (including phenoxy) is 1. The predicted molar refractivity (Wildman–Crippen MR) is 77.8 cm³/mol. The molecule has 0 bridgehead atoms. The molecule has 1 heterocycles. The lowest BCUT2D eigenvalue weighted by molar-refractivity contribution is 0.142. The number of sulfonamides is 1. The summed E-state index contributed by atoms with van der Waals surface area (Å²) in [5, 5.41) is 3.40. The van der Waals surface area contributed by atoms with Gasteiger partial charge < -0.3 is 10.1 Å². The van der Waals surface area contributed by atoms with Crippen molar-refractivity contribution in [2.24, 2.45) is 0 Å². The zero-order chi connectivity index (χ0) is 14.3. The quantitative estimate of drug-likeness (QED) is 0.730. The second-order valence-corrected chi connectivity index (χ2v) is 7.30. The number of likely N-dealkylation sites (N-methyl/N-ethyl adjacent to an activating group) is 1. The number of rotatable bonds is 8. The van der Waals surface area contributed by atoms with Gasteiger partial charge in [-0.2, -0.15) is 4.31 Å². The first-order valence-electron chi connectivity index (χ1n) is 7.23. The summed E-state index contributed by atoms with van der Waals surface area (Å²) in [6, 6.07) is 0.263. The highest BCUT2D eigenvalue weighted by Gasteiger charge is 2.26. The highest BCUT2D eigenvalue weighted by atomic mass is 32.2. The maximum absolute atomic E-state index is 12.4. The van der Waals surface area contributed by atoms with Gasteiger partial charge in [0.1, 0.15) is 0 Å². The van der Waals surface area contributed by atoms with Crippen LogP contribution >= 0.6 is 0 Å². The van der Waals surface area contributed by atoms with E-state index in [1.807, 2.05) is 13.8 Å². The molecule has 114 valence electrons. The lowest BCUT2D eigenvalue weighted by Gasteiger charge is -2.28. The first-order chi connectivity index (χ1) is 9.01. The van der Waals surface area contributed by atoms with Gasteiger partial charge in [0.2, 0.25) is 10.0 Å². The molecule has 2 atom stereocenters. The molecule has 0 spiro atoms. The Morgan fingerprint density at radius 3 is 2.68 bits per heavy atom. The summed E-state index contributed by atoms with van der Waals surface area (Å²) in [5.41, 5.74) is 0. The Hall–Kier alpha value is -0.170. The molecule has 1 saturated heterocycles. The SMILES string of the molecule is CCN(C(C)COC)S(=O)(=O)CCC1CCCCN1. The van der Waals surface area contributed by atoms with Crippen LogP contribution in [0.3, 0.4) is 0 Å². The Morgan fingerprint density at radius 1 is 1.42 bits per heavy atom. The van der Waals surface area contributed by atoms with Crippen LogP contribution < -0.4 is 5.32 Å². The van der Waals surface area contributed by atoms with Gasteiger partial charge in [0.15, 0.2) is 0 Å². The first kappa shape index (κ1) is 16.9. The van der Waals surface area contributed by atoms with Crippen molar-refractivity contribution in [3.05, 3.63) is 0 Å². The van der Waals surface area contributed by atoms with Crippen molar-refractivity contribution in [2.45, 2.75) is 51.6 Å². The van der Waals surface area contributed by atoms with Crippen molar-refractivity contribution in [1.29, 1.82) is 0 Å². The molecule has 1 rings (SSSR count). The lowest BCUT2D eigenvalue weighted by Crippen LogP contribution is -2.43. The fourth-order valence-electron chi connectivity index (χ4n) is 2.69. The van der Waals surface area contributed by atoms with E-state index in [0.29, 0.717) is 25.6 Å². The van der Waals surface area contributed by atoms with E-state index in [-0.39, 0.29) is 11.8 Å². The van der Waals surface area contributed by atoms with Crippen molar-refractivity contribution >= 4 is 10.0 Å². The molecule has 1 fully saturated rings. The Morgan fingerprint density at radius 2 is 2.16 bits per heavy atom. The van der Waals surface area contributed by atoms with Crippen LogP contribution in [-0.4, -0.2) is 57.4 Å². The molecule has 6 heteroatoms. The molecule has 1 aliphatic heterocycles. The van der Waals surface area contributed by atoms with E-state index in [9.17, 15) is 8.42 Å². The maximum atomic E-state index is 12.4. The average Bonchev–Trinajstić information content (AvgIpc) is 2.38. The Balaban J connectivity index is 2.52. The fourth-order valence-corrected chi connectivity index (χ4v) is 4.51. The fraction of sp³-hybridized carbons (Fsp3) is 1.00. The Bertz CT molecular complexity index is 340. The van der Waals surface area contributed by atoms with E-state index in [1.165, 1.54) is 12.8 Å². The topological polar surface area (TPSA) is 58.6 Å². The third-order valence-corrected chi connectivity index (χ3v) is 5.79. The van der Waals surface area contributed by atoms with Crippen LogP contribution in [0.15, 0.2) is 0 Å². The number of hydrogen-bond donors (Lipinski definition) is 1. The highest BCUT2D eigenvalue weighted by Crippen LogP contribution is 2.14. The molecule has 2 unspecified atom stereocenters. The predicted octanol–water partition coefficient (Wildman–Crippen LogP) is 1.21. The summed E-state index contributed by atoms with van der Waals surface area (Å²) in [6.07, 6.45) is 4.21. The second kappa shape index (κ2) is 8.19. The molecular weight excluding hydrogens is 264 g/mol. The van der Waals surface area contributed by atoms with E-state index in [1.54, 1.807) is 11.4 Å². The zero-order valence-electron chi connectivity index (χ0n) is 12.4. The average molecular weight is 292 g/mol. The van der Waals surface area contributed by atoms with Gasteiger partial charge in [-0.05, 0) is 32.7 Å². The van der Waals surface area contributed by atoms with Crippen molar-refractivity contribution in [1.82, 2.24) is 9.62 Å². The molecule has 0 saturated carbocycles. The molecule has 1 N–H and O–H groups in total. The van der Waals surface area contributed by atoms with Crippen LogP contribution in [0.5, 0.6) is 0 Å². The van der Waals surface area contributed by atoms with E-state index >= 15 is 0 Å². The summed E-state index contributed by atoms with van der Waals surface area (Å²) < 4.78 is 31.3. The van der Waals surface area contributed by atoms with E-state index in [0.717, 1.165) is 13.0 Å². The molecule has 0 aromatic heterocycles. The van der Waals surface area contributed by atoms with Gasteiger partial charge in [-0.15, -0.1) is 0 Å². The minimum absolute atomic E-state index is 0.0979. The van der Waals surface area contributed by atoms with Crippen LogP contribution in [-0.2, 0) is 14.8 Å². The molecule has 0 aromatic carbocycles. The minimum Gasteiger partial charge on any atom is -0.383 e.